The molecular formula is C12H10O3. The smallest absolute Gasteiger partial charge is 0.331 e. The summed E-state index contributed by atoms with van der Waals surface area (Å²) in [6.45, 7) is 1.54. The van der Waals surface area contributed by atoms with E-state index in [-0.39, 0.29) is 5.57 Å². The minimum absolute atomic E-state index is 0.258. The number of furan rings is 1. The van der Waals surface area contributed by atoms with Gasteiger partial charge in [-0.2, -0.15) is 0 Å². The quantitative estimate of drug-likeness (QED) is 0.761. The summed E-state index contributed by atoms with van der Waals surface area (Å²) in [6.07, 6.45) is 1.52. The first-order chi connectivity index (χ1) is 7.16. The van der Waals surface area contributed by atoms with Crippen LogP contribution in [-0.2, 0) is 4.79 Å². The van der Waals surface area contributed by atoms with Gasteiger partial charge in [0.2, 0.25) is 0 Å². The van der Waals surface area contributed by atoms with Crippen LogP contribution in [0.25, 0.3) is 17.0 Å². The van der Waals surface area contributed by atoms with Gasteiger partial charge in [0.15, 0.2) is 0 Å². The normalized spacial score (nSPS) is 11.9. The number of carboxylic acid groups (broad SMARTS) is 1. The van der Waals surface area contributed by atoms with Crippen molar-refractivity contribution >= 4 is 23.0 Å². The van der Waals surface area contributed by atoms with E-state index >= 15 is 0 Å². The molecule has 0 saturated carbocycles. The first-order valence-corrected chi connectivity index (χ1v) is 4.57. The Kier molecular flexibility index (Phi) is 2.29. The van der Waals surface area contributed by atoms with Gasteiger partial charge in [0.1, 0.15) is 11.3 Å². The van der Waals surface area contributed by atoms with Gasteiger partial charge in [0.25, 0.3) is 0 Å². The van der Waals surface area contributed by atoms with Crippen LogP contribution in [0.2, 0.25) is 0 Å². The first kappa shape index (κ1) is 9.52. The van der Waals surface area contributed by atoms with Crippen LogP contribution in [0.1, 0.15) is 12.7 Å². The lowest BCUT2D eigenvalue weighted by Crippen LogP contribution is -1.94. The summed E-state index contributed by atoms with van der Waals surface area (Å²) in [7, 11) is 0. The molecule has 2 rings (SSSR count). The SMILES string of the molecule is C/C(=C/c1cc2ccccc2o1)C(=O)O. The van der Waals surface area contributed by atoms with Gasteiger partial charge in [-0.1, -0.05) is 18.2 Å². The predicted molar refractivity (Wildman–Crippen MR) is 57.5 cm³/mol. The van der Waals surface area contributed by atoms with Gasteiger partial charge in [-0.05, 0) is 25.1 Å². The van der Waals surface area contributed by atoms with Gasteiger partial charge < -0.3 is 9.52 Å². The Morgan fingerprint density at radius 1 is 1.40 bits per heavy atom. The molecule has 76 valence electrons. The van der Waals surface area contributed by atoms with Gasteiger partial charge in [0.05, 0.1) is 0 Å². The molecule has 15 heavy (non-hydrogen) atoms. The van der Waals surface area contributed by atoms with Gasteiger partial charge >= 0.3 is 5.97 Å². The maximum atomic E-state index is 10.6. The Morgan fingerprint density at radius 3 is 2.80 bits per heavy atom. The molecule has 2 aromatic rings. The Hall–Kier alpha value is -2.03. The molecule has 0 aliphatic carbocycles. The molecule has 0 radical (unpaired) electrons. The molecule has 0 bridgehead atoms. The third-order valence-corrected chi connectivity index (χ3v) is 2.14. The van der Waals surface area contributed by atoms with Crippen LogP contribution in [0, 0.1) is 0 Å². The molecule has 0 spiro atoms. The Morgan fingerprint density at radius 2 is 2.13 bits per heavy atom. The molecule has 1 aromatic carbocycles. The second-order valence-electron chi connectivity index (χ2n) is 3.32. The lowest BCUT2D eigenvalue weighted by Gasteiger charge is -1.89. The standard InChI is InChI=1S/C12H10O3/c1-8(12(13)14)6-10-7-9-4-2-3-5-11(9)15-10/h2-7H,1H3,(H,13,14)/b8-6-. The van der Waals surface area contributed by atoms with E-state index in [1.807, 2.05) is 30.3 Å². The largest absolute Gasteiger partial charge is 0.478 e. The van der Waals surface area contributed by atoms with Crippen LogP contribution in [0.4, 0.5) is 0 Å². The number of carboxylic acids is 1. The average Bonchev–Trinajstić information content (AvgIpc) is 2.59. The van der Waals surface area contributed by atoms with Crippen LogP contribution in [0.5, 0.6) is 0 Å². The number of fused-ring (bicyclic) bond motifs is 1. The summed E-state index contributed by atoms with van der Waals surface area (Å²) in [4.78, 5) is 10.6. The summed E-state index contributed by atoms with van der Waals surface area (Å²) in [5.41, 5.74) is 1.02. The van der Waals surface area contributed by atoms with Crippen LogP contribution < -0.4 is 0 Å². The highest BCUT2D eigenvalue weighted by Gasteiger charge is 2.04. The Balaban J connectivity index is 2.46. The lowest BCUT2D eigenvalue weighted by atomic mass is 10.2. The van der Waals surface area contributed by atoms with Crippen molar-refractivity contribution < 1.29 is 14.3 Å². The highest BCUT2D eigenvalue weighted by molar-refractivity contribution is 5.92. The topological polar surface area (TPSA) is 50.4 Å². The van der Waals surface area contributed by atoms with Gasteiger partial charge in [-0.3, -0.25) is 0 Å². The van der Waals surface area contributed by atoms with Gasteiger partial charge in [-0.15, -0.1) is 0 Å². The first-order valence-electron chi connectivity index (χ1n) is 4.57. The van der Waals surface area contributed by atoms with E-state index in [1.165, 1.54) is 13.0 Å². The number of carbonyl (C=O) groups is 1. The molecule has 3 heteroatoms. The maximum Gasteiger partial charge on any atom is 0.331 e. The molecule has 0 aliphatic rings. The van der Waals surface area contributed by atoms with Crippen LogP contribution in [0.15, 0.2) is 40.3 Å². The molecule has 0 fully saturated rings. The Bertz CT molecular complexity index is 502. The van der Waals surface area contributed by atoms with Crippen molar-refractivity contribution in [3.05, 3.63) is 41.7 Å². The summed E-state index contributed by atoms with van der Waals surface area (Å²) in [6, 6.07) is 9.38. The Labute approximate surface area is 86.6 Å². The molecule has 1 N–H and O–H groups in total. The van der Waals surface area contributed by atoms with E-state index in [4.69, 9.17) is 9.52 Å². The summed E-state index contributed by atoms with van der Waals surface area (Å²) in [5, 5.41) is 9.68. The third-order valence-electron chi connectivity index (χ3n) is 2.14. The fourth-order valence-corrected chi connectivity index (χ4v) is 1.35. The average molecular weight is 202 g/mol. The van der Waals surface area contributed by atoms with E-state index in [1.54, 1.807) is 0 Å². The van der Waals surface area contributed by atoms with E-state index in [0.29, 0.717) is 5.76 Å². The van der Waals surface area contributed by atoms with Crippen molar-refractivity contribution in [3.8, 4) is 0 Å². The molecule has 1 aromatic heterocycles. The van der Waals surface area contributed by atoms with Crippen LogP contribution >= 0.6 is 0 Å². The van der Waals surface area contributed by atoms with E-state index in [0.717, 1.165) is 11.0 Å². The number of rotatable bonds is 2. The molecule has 0 unspecified atom stereocenters. The lowest BCUT2D eigenvalue weighted by molar-refractivity contribution is -0.132. The number of aliphatic carboxylic acids is 1. The zero-order valence-corrected chi connectivity index (χ0v) is 8.23. The zero-order valence-electron chi connectivity index (χ0n) is 8.23. The fraction of sp³-hybridized carbons (Fsp3) is 0.0833. The monoisotopic (exact) mass is 202 g/mol. The number of para-hydroxylation sites is 1. The number of benzene rings is 1. The van der Waals surface area contributed by atoms with Crippen molar-refractivity contribution in [2.45, 2.75) is 6.92 Å². The van der Waals surface area contributed by atoms with E-state index in [2.05, 4.69) is 0 Å². The van der Waals surface area contributed by atoms with Crippen molar-refractivity contribution in [2.24, 2.45) is 0 Å². The van der Waals surface area contributed by atoms with Crippen LogP contribution in [-0.4, -0.2) is 11.1 Å². The maximum absolute atomic E-state index is 10.6. The molecule has 0 atom stereocenters. The highest BCUT2D eigenvalue weighted by Crippen LogP contribution is 2.20. The molecule has 0 aliphatic heterocycles. The van der Waals surface area contributed by atoms with Crippen LogP contribution in [0.3, 0.4) is 0 Å². The predicted octanol–water partition coefficient (Wildman–Crippen LogP) is 2.92. The minimum Gasteiger partial charge on any atom is -0.478 e. The zero-order chi connectivity index (χ0) is 10.8. The second kappa shape index (κ2) is 3.61. The second-order valence-corrected chi connectivity index (χ2v) is 3.32. The molecular weight excluding hydrogens is 192 g/mol. The summed E-state index contributed by atoms with van der Waals surface area (Å²) >= 11 is 0. The van der Waals surface area contributed by atoms with Crippen molar-refractivity contribution in [1.82, 2.24) is 0 Å². The molecule has 0 saturated heterocycles. The summed E-state index contributed by atoms with van der Waals surface area (Å²) < 4.78 is 5.45. The minimum atomic E-state index is -0.935. The third kappa shape index (κ3) is 1.91. The number of hydrogen-bond donors (Lipinski definition) is 1. The fourth-order valence-electron chi connectivity index (χ4n) is 1.35. The number of hydrogen-bond acceptors (Lipinski definition) is 2. The van der Waals surface area contributed by atoms with Gasteiger partial charge in [-0.25, -0.2) is 4.79 Å². The highest BCUT2D eigenvalue weighted by atomic mass is 16.4. The van der Waals surface area contributed by atoms with E-state index in [9.17, 15) is 4.79 Å². The molecule has 3 nitrogen and oxygen atoms in total. The molecule has 1 heterocycles. The van der Waals surface area contributed by atoms with Crippen molar-refractivity contribution in [2.75, 3.05) is 0 Å². The van der Waals surface area contributed by atoms with Gasteiger partial charge in [0, 0.05) is 11.0 Å². The van der Waals surface area contributed by atoms with Crippen molar-refractivity contribution in [1.29, 1.82) is 0 Å². The van der Waals surface area contributed by atoms with Crippen molar-refractivity contribution in [3.63, 3.8) is 0 Å². The molecule has 0 amide bonds. The van der Waals surface area contributed by atoms with E-state index < -0.39 is 5.97 Å². The summed E-state index contributed by atoms with van der Waals surface area (Å²) in [5.74, 6) is -0.369.